The number of hydrogen-bond acceptors (Lipinski definition) is 3. The van der Waals surface area contributed by atoms with Crippen LogP contribution in [0.25, 0.3) is 50.2 Å². The number of pyridine rings is 1. The van der Waals surface area contributed by atoms with Crippen LogP contribution in [0, 0.1) is 0 Å². The first-order chi connectivity index (χ1) is 16.8. The highest BCUT2D eigenvalue weighted by Crippen LogP contribution is 2.38. The van der Waals surface area contributed by atoms with Gasteiger partial charge in [-0.25, -0.2) is 9.97 Å². The van der Waals surface area contributed by atoms with Crippen molar-refractivity contribution in [1.82, 2.24) is 14.5 Å². The van der Waals surface area contributed by atoms with Crippen LogP contribution in [-0.2, 0) is 5.41 Å². The molecule has 0 N–H and O–H groups in total. The molecule has 3 heterocycles. The molecule has 3 aromatic carbocycles. The fourth-order valence-electron chi connectivity index (χ4n) is 4.77. The molecule has 3 aromatic heterocycles. The van der Waals surface area contributed by atoms with Crippen molar-refractivity contribution in [3.8, 4) is 17.1 Å². The largest absolute Gasteiger partial charge is 0.437 e. The Morgan fingerprint density at radius 1 is 0.771 bits per heavy atom. The molecular weight excluding hydrogens is 430 g/mol. The Kier molecular flexibility index (Phi) is 4.82. The van der Waals surface area contributed by atoms with E-state index in [1.807, 2.05) is 6.07 Å². The summed E-state index contributed by atoms with van der Waals surface area (Å²) in [7, 11) is 0. The molecule has 0 aliphatic heterocycles. The average Bonchev–Trinajstić information content (AvgIpc) is 3.41. The molecule has 0 unspecified atom stereocenters. The lowest BCUT2D eigenvalue weighted by Crippen LogP contribution is -2.11. The van der Waals surface area contributed by atoms with E-state index in [0.29, 0.717) is 11.6 Å². The molecule has 0 saturated heterocycles. The third-order valence-electron chi connectivity index (χ3n) is 6.77. The lowest BCUT2D eigenvalue weighted by atomic mass is 9.87. The van der Waals surface area contributed by atoms with Gasteiger partial charge in [-0.2, -0.15) is 0 Å². The summed E-state index contributed by atoms with van der Waals surface area (Å²) in [6.07, 6.45) is 0. The second kappa shape index (κ2) is 7.81. The predicted octanol–water partition coefficient (Wildman–Crippen LogP) is 8.41. The van der Waals surface area contributed by atoms with Crippen molar-refractivity contribution in [1.29, 1.82) is 0 Å². The van der Waals surface area contributed by atoms with Gasteiger partial charge in [0, 0.05) is 22.2 Å². The Bertz CT molecular complexity index is 1700. The van der Waals surface area contributed by atoms with Crippen LogP contribution in [0.15, 0.2) is 83.3 Å². The van der Waals surface area contributed by atoms with Gasteiger partial charge in [0.05, 0.1) is 16.6 Å². The van der Waals surface area contributed by atoms with Crippen molar-refractivity contribution in [3.63, 3.8) is 0 Å². The Morgan fingerprint density at radius 3 is 2.29 bits per heavy atom. The third-order valence-corrected chi connectivity index (χ3v) is 6.77. The molecule has 0 aliphatic carbocycles. The summed E-state index contributed by atoms with van der Waals surface area (Å²) in [5, 5.41) is 2.09. The number of furan rings is 1. The summed E-state index contributed by atoms with van der Waals surface area (Å²) in [4.78, 5) is 9.89. The predicted molar refractivity (Wildman–Crippen MR) is 144 cm³/mol. The molecule has 35 heavy (non-hydrogen) atoms. The van der Waals surface area contributed by atoms with Crippen LogP contribution in [-0.4, -0.2) is 14.5 Å². The fraction of sp³-hybridized carbons (Fsp3) is 0.226. The molecule has 0 aliphatic rings. The number of rotatable bonds is 3. The number of benzene rings is 3. The number of nitrogens with zero attached hydrogens (tertiary/aromatic N) is 3. The lowest BCUT2D eigenvalue weighted by Gasteiger charge is -2.19. The first kappa shape index (κ1) is 21.6. The SMILES string of the molecule is CC(C)c1ccc2c(n1)oc1c(-c3nc4ccccc4n3-c3ccc(C(C)(C)C)cc3)cccc12. The molecule has 0 amide bonds. The summed E-state index contributed by atoms with van der Waals surface area (Å²) >= 11 is 0. The zero-order valence-electron chi connectivity index (χ0n) is 20.8. The van der Waals surface area contributed by atoms with Crippen molar-refractivity contribution in [2.75, 3.05) is 0 Å². The number of aromatic nitrogens is 3. The third kappa shape index (κ3) is 3.52. The number of fused-ring (bicyclic) bond motifs is 4. The van der Waals surface area contributed by atoms with E-state index in [9.17, 15) is 0 Å². The standard InChI is InChI=1S/C31H29N3O/c1-19(2)25-18-17-23-22-9-8-10-24(28(22)35-30(23)33-25)29-32-26-11-6-7-12-27(26)34(29)21-15-13-20(14-16-21)31(3,4)5/h6-19H,1-5H3. The highest BCUT2D eigenvalue weighted by molar-refractivity contribution is 6.08. The van der Waals surface area contributed by atoms with Gasteiger partial charge >= 0.3 is 0 Å². The van der Waals surface area contributed by atoms with E-state index in [1.165, 1.54) is 5.56 Å². The van der Waals surface area contributed by atoms with E-state index in [2.05, 4.69) is 112 Å². The van der Waals surface area contributed by atoms with Crippen LogP contribution < -0.4 is 0 Å². The van der Waals surface area contributed by atoms with E-state index in [1.54, 1.807) is 0 Å². The zero-order chi connectivity index (χ0) is 24.3. The summed E-state index contributed by atoms with van der Waals surface area (Å²) < 4.78 is 8.65. The zero-order valence-corrected chi connectivity index (χ0v) is 20.8. The fourth-order valence-corrected chi connectivity index (χ4v) is 4.77. The van der Waals surface area contributed by atoms with Crippen molar-refractivity contribution in [2.24, 2.45) is 0 Å². The Balaban J connectivity index is 1.62. The van der Waals surface area contributed by atoms with E-state index >= 15 is 0 Å². The van der Waals surface area contributed by atoms with E-state index < -0.39 is 0 Å². The van der Waals surface area contributed by atoms with Gasteiger partial charge in [0.2, 0.25) is 5.71 Å². The molecule has 4 nitrogen and oxygen atoms in total. The van der Waals surface area contributed by atoms with Crippen LogP contribution in [0.5, 0.6) is 0 Å². The highest BCUT2D eigenvalue weighted by Gasteiger charge is 2.21. The van der Waals surface area contributed by atoms with Gasteiger partial charge in [0.25, 0.3) is 0 Å². The quantitative estimate of drug-likeness (QED) is 0.267. The van der Waals surface area contributed by atoms with Gasteiger partial charge in [-0.1, -0.05) is 71.0 Å². The number of imidazole rings is 1. The monoisotopic (exact) mass is 459 g/mol. The summed E-state index contributed by atoms with van der Waals surface area (Å²) in [6, 6.07) is 27.6. The second-order valence-corrected chi connectivity index (χ2v) is 10.6. The maximum Gasteiger partial charge on any atom is 0.227 e. The Morgan fingerprint density at radius 2 is 1.54 bits per heavy atom. The second-order valence-electron chi connectivity index (χ2n) is 10.6. The molecule has 0 fully saturated rings. The smallest absolute Gasteiger partial charge is 0.227 e. The molecule has 6 rings (SSSR count). The minimum absolute atomic E-state index is 0.0973. The topological polar surface area (TPSA) is 43.9 Å². The van der Waals surface area contributed by atoms with Crippen LogP contribution in [0.1, 0.15) is 51.8 Å². The lowest BCUT2D eigenvalue weighted by molar-refractivity contribution is 0.590. The summed E-state index contributed by atoms with van der Waals surface area (Å²) in [5.74, 6) is 1.20. The van der Waals surface area contributed by atoms with Crippen molar-refractivity contribution >= 4 is 33.1 Å². The van der Waals surface area contributed by atoms with Gasteiger partial charge < -0.3 is 4.42 Å². The van der Waals surface area contributed by atoms with Crippen LogP contribution >= 0.6 is 0 Å². The molecule has 0 spiro atoms. The molecule has 4 heteroatoms. The van der Waals surface area contributed by atoms with Crippen molar-refractivity contribution < 1.29 is 4.42 Å². The average molecular weight is 460 g/mol. The van der Waals surface area contributed by atoms with Crippen LogP contribution in [0.4, 0.5) is 0 Å². The first-order valence-corrected chi connectivity index (χ1v) is 12.2. The molecule has 0 saturated carbocycles. The van der Waals surface area contributed by atoms with Gasteiger partial charge in [0.1, 0.15) is 11.4 Å². The Hall–Kier alpha value is -3.92. The highest BCUT2D eigenvalue weighted by atomic mass is 16.3. The maximum atomic E-state index is 6.42. The van der Waals surface area contributed by atoms with Gasteiger partial charge in [-0.3, -0.25) is 4.57 Å². The van der Waals surface area contributed by atoms with Crippen molar-refractivity contribution in [2.45, 2.75) is 46.0 Å². The molecule has 174 valence electrons. The van der Waals surface area contributed by atoms with Crippen molar-refractivity contribution in [3.05, 3.63) is 90.1 Å². The van der Waals surface area contributed by atoms with Gasteiger partial charge in [-0.05, 0) is 59.4 Å². The first-order valence-electron chi connectivity index (χ1n) is 12.2. The van der Waals surface area contributed by atoms with E-state index in [-0.39, 0.29) is 5.41 Å². The molecular formula is C31H29N3O. The molecule has 6 aromatic rings. The van der Waals surface area contributed by atoms with Gasteiger partial charge in [0.15, 0.2) is 0 Å². The van der Waals surface area contributed by atoms with Gasteiger partial charge in [-0.15, -0.1) is 0 Å². The number of hydrogen-bond donors (Lipinski definition) is 0. The minimum atomic E-state index is 0.0973. The Labute approximate surface area is 205 Å². The summed E-state index contributed by atoms with van der Waals surface area (Å²) in [5.41, 5.74) is 7.99. The normalized spacial score (nSPS) is 12.4. The molecule has 0 radical (unpaired) electrons. The molecule has 0 bridgehead atoms. The number of para-hydroxylation sites is 3. The van der Waals surface area contributed by atoms with Crippen LogP contribution in [0.3, 0.4) is 0 Å². The summed E-state index contributed by atoms with van der Waals surface area (Å²) in [6.45, 7) is 11.0. The minimum Gasteiger partial charge on any atom is -0.437 e. The van der Waals surface area contributed by atoms with E-state index in [4.69, 9.17) is 14.4 Å². The van der Waals surface area contributed by atoms with E-state index in [0.717, 1.165) is 50.2 Å². The molecule has 0 atom stereocenters. The van der Waals surface area contributed by atoms with Crippen LogP contribution in [0.2, 0.25) is 0 Å². The maximum absolute atomic E-state index is 6.42.